The summed E-state index contributed by atoms with van der Waals surface area (Å²) < 4.78 is 28.7. The van der Waals surface area contributed by atoms with Crippen molar-refractivity contribution in [1.29, 1.82) is 5.26 Å². The van der Waals surface area contributed by atoms with Gasteiger partial charge in [0.25, 0.3) is 0 Å². The second kappa shape index (κ2) is 8.60. The molecule has 27 heavy (non-hydrogen) atoms. The molecule has 0 unspecified atom stereocenters. The summed E-state index contributed by atoms with van der Waals surface area (Å²) in [6, 6.07) is 18.8. The van der Waals surface area contributed by atoms with Crippen molar-refractivity contribution in [2.45, 2.75) is 32.6 Å². The quantitative estimate of drug-likeness (QED) is 0.438. The highest BCUT2D eigenvalue weighted by molar-refractivity contribution is 5.85. The summed E-state index contributed by atoms with van der Waals surface area (Å²) in [5.41, 5.74) is 3.36. The summed E-state index contributed by atoms with van der Waals surface area (Å²) in [6.07, 6.45) is 4.47. The number of hydrogen-bond acceptors (Lipinski definition) is 1. The van der Waals surface area contributed by atoms with Crippen LogP contribution in [-0.4, -0.2) is 0 Å². The van der Waals surface area contributed by atoms with Gasteiger partial charge in [-0.05, 0) is 53.3 Å². The highest BCUT2D eigenvalue weighted by Gasteiger charge is 2.17. The topological polar surface area (TPSA) is 23.8 Å². The zero-order valence-electron chi connectivity index (χ0n) is 15.3. The van der Waals surface area contributed by atoms with Gasteiger partial charge in [-0.2, -0.15) is 5.26 Å². The maximum absolute atomic E-state index is 15.0. The standard InChI is InChI=1S/C24H21F2N/c1-2-3-4-6-17-9-11-18(12-10-17)23-22(14-13-20(16-27)24(23)26)19-7-5-8-21(25)15-19/h5,7-15H,2-4,6H2,1H3. The van der Waals surface area contributed by atoms with Crippen LogP contribution in [0.4, 0.5) is 8.78 Å². The Hall–Kier alpha value is -2.99. The Morgan fingerprint density at radius 3 is 2.33 bits per heavy atom. The second-order valence-electron chi connectivity index (χ2n) is 6.63. The average molecular weight is 361 g/mol. The van der Waals surface area contributed by atoms with Crippen LogP contribution >= 0.6 is 0 Å². The highest BCUT2D eigenvalue weighted by atomic mass is 19.1. The van der Waals surface area contributed by atoms with E-state index < -0.39 is 5.82 Å². The lowest BCUT2D eigenvalue weighted by Gasteiger charge is -2.13. The summed E-state index contributed by atoms with van der Waals surface area (Å²) in [4.78, 5) is 0. The number of nitriles is 1. The fourth-order valence-electron chi connectivity index (χ4n) is 3.26. The van der Waals surface area contributed by atoms with Crippen molar-refractivity contribution in [3.63, 3.8) is 0 Å². The Balaban J connectivity index is 2.06. The Labute approximate surface area is 158 Å². The Morgan fingerprint density at radius 1 is 0.889 bits per heavy atom. The molecule has 0 N–H and O–H groups in total. The lowest BCUT2D eigenvalue weighted by Crippen LogP contribution is -1.95. The molecule has 3 aromatic rings. The Morgan fingerprint density at radius 2 is 1.67 bits per heavy atom. The van der Waals surface area contributed by atoms with E-state index in [0.29, 0.717) is 22.3 Å². The first-order valence-corrected chi connectivity index (χ1v) is 9.22. The fraction of sp³-hybridized carbons (Fsp3) is 0.208. The largest absolute Gasteiger partial charge is 0.207 e. The third-order valence-electron chi connectivity index (χ3n) is 4.71. The van der Waals surface area contributed by atoms with Crippen molar-refractivity contribution in [3.05, 3.63) is 83.4 Å². The molecule has 136 valence electrons. The molecule has 0 aliphatic carbocycles. The Kier molecular flexibility index (Phi) is 5.98. The van der Waals surface area contributed by atoms with Gasteiger partial charge >= 0.3 is 0 Å². The number of rotatable bonds is 6. The molecule has 0 aliphatic rings. The lowest BCUT2D eigenvalue weighted by atomic mass is 9.91. The van der Waals surface area contributed by atoms with Crippen molar-refractivity contribution in [1.82, 2.24) is 0 Å². The molecule has 0 fully saturated rings. The number of halogens is 2. The number of aryl methyl sites for hydroxylation is 1. The van der Waals surface area contributed by atoms with E-state index in [0.717, 1.165) is 12.8 Å². The van der Waals surface area contributed by atoms with Crippen LogP contribution in [0.1, 0.15) is 37.3 Å². The molecule has 0 aromatic heterocycles. The van der Waals surface area contributed by atoms with Gasteiger partial charge in [-0.25, -0.2) is 8.78 Å². The highest BCUT2D eigenvalue weighted by Crippen LogP contribution is 2.36. The third-order valence-corrected chi connectivity index (χ3v) is 4.71. The molecule has 0 spiro atoms. The van der Waals surface area contributed by atoms with E-state index in [-0.39, 0.29) is 11.4 Å². The molecule has 1 nitrogen and oxygen atoms in total. The van der Waals surface area contributed by atoms with E-state index in [1.807, 2.05) is 30.3 Å². The number of nitrogens with zero attached hydrogens (tertiary/aromatic N) is 1. The first-order valence-electron chi connectivity index (χ1n) is 9.22. The van der Waals surface area contributed by atoms with E-state index in [2.05, 4.69) is 6.92 Å². The van der Waals surface area contributed by atoms with Gasteiger partial charge in [0, 0.05) is 5.56 Å². The molecule has 3 rings (SSSR count). The number of benzene rings is 3. The van der Waals surface area contributed by atoms with Crippen molar-refractivity contribution in [2.75, 3.05) is 0 Å². The molecular formula is C24H21F2N. The SMILES string of the molecule is CCCCCc1ccc(-c2c(-c3cccc(F)c3)ccc(C#N)c2F)cc1. The van der Waals surface area contributed by atoms with Crippen LogP contribution in [0.5, 0.6) is 0 Å². The minimum absolute atomic E-state index is 0.0165. The summed E-state index contributed by atoms with van der Waals surface area (Å²) in [5.74, 6) is -0.951. The van der Waals surface area contributed by atoms with Crippen LogP contribution < -0.4 is 0 Å². The predicted molar refractivity (Wildman–Crippen MR) is 105 cm³/mol. The molecule has 0 bridgehead atoms. The molecule has 0 amide bonds. The zero-order valence-corrected chi connectivity index (χ0v) is 15.3. The van der Waals surface area contributed by atoms with Crippen LogP contribution in [0, 0.1) is 23.0 Å². The molecule has 0 saturated carbocycles. The monoisotopic (exact) mass is 361 g/mol. The van der Waals surface area contributed by atoms with Crippen LogP contribution in [0.15, 0.2) is 60.7 Å². The zero-order chi connectivity index (χ0) is 19.2. The second-order valence-corrected chi connectivity index (χ2v) is 6.63. The smallest absolute Gasteiger partial charge is 0.149 e. The van der Waals surface area contributed by atoms with Gasteiger partial charge < -0.3 is 0 Å². The first-order chi connectivity index (χ1) is 13.1. The minimum atomic E-state index is -0.571. The van der Waals surface area contributed by atoms with Gasteiger partial charge in [0.1, 0.15) is 17.7 Å². The van der Waals surface area contributed by atoms with E-state index >= 15 is 4.39 Å². The summed E-state index contributed by atoms with van der Waals surface area (Å²) in [5, 5.41) is 9.21. The van der Waals surface area contributed by atoms with Crippen LogP contribution in [0.3, 0.4) is 0 Å². The van der Waals surface area contributed by atoms with Gasteiger partial charge in [0.15, 0.2) is 0 Å². The van der Waals surface area contributed by atoms with Crippen LogP contribution in [-0.2, 0) is 6.42 Å². The van der Waals surface area contributed by atoms with Gasteiger partial charge in [-0.1, -0.05) is 62.2 Å². The van der Waals surface area contributed by atoms with Gasteiger partial charge in [0.2, 0.25) is 0 Å². The van der Waals surface area contributed by atoms with Crippen LogP contribution in [0.25, 0.3) is 22.3 Å². The first kappa shape index (κ1) is 18.8. The molecule has 0 radical (unpaired) electrons. The third kappa shape index (κ3) is 4.23. The Bertz CT molecular complexity index is 969. The molecule has 0 heterocycles. The van der Waals surface area contributed by atoms with Gasteiger partial charge in [0.05, 0.1) is 5.56 Å². The fourth-order valence-corrected chi connectivity index (χ4v) is 3.26. The van der Waals surface area contributed by atoms with Crippen molar-refractivity contribution in [3.8, 4) is 28.3 Å². The molecule has 3 heteroatoms. The van der Waals surface area contributed by atoms with E-state index in [1.165, 1.54) is 36.6 Å². The normalized spacial score (nSPS) is 10.6. The van der Waals surface area contributed by atoms with Crippen molar-refractivity contribution in [2.24, 2.45) is 0 Å². The van der Waals surface area contributed by atoms with Gasteiger partial charge in [-0.3, -0.25) is 0 Å². The summed E-state index contributed by atoms with van der Waals surface area (Å²) in [7, 11) is 0. The molecule has 0 aliphatic heterocycles. The predicted octanol–water partition coefficient (Wildman–Crippen LogP) is 6.90. The van der Waals surface area contributed by atoms with Crippen LogP contribution in [0.2, 0.25) is 0 Å². The molecule has 0 saturated heterocycles. The van der Waals surface area contributed by atoms with E-state index in [4.69, 9.17) is 0 Å². The summed E-state index contributed by atoms with van der Waals surface area (Å²) in [6.45, 7) is 2.17. The average Bonchev–Trinajstić information content (AvgIpc) is 2.68. The van der Waals surface area contributed by atoms with Crippen molar-refractivity contribution < 1.29 is 8.78 Å². The maximum atomic E-state index is 15.0. The molecule has 3 aromatic carbocycles. The lowest BCUT2D eigenvalue weighted by molar-refractivity contribution is 0.626. The number of hydrogen-bond donors (Lipinski definition) is 0. The summed E-state index contributed by atoms with van der Waals surface area (Å²) >= 11 is 0. The van der Waals surface area contributed by atoms with E-state index in [1.54, 1.807) is 18.2 Å². The molecular weight excluding hydrogens is 340 g/mol. The number of unbranched alkanes of at least 4 members (excludes halogenated alkanes) is 2. The van der Waals surface area contributed by atoms with Crippen molar-refractivity contribution >= 4 is 0 Å². The van der Waals surface area contributed by atoms with Gasteiger partial charge in [-0.15, -0.1) is 0 Å². The maximum Gasteiger partial charge on any atom is 0.149 e. The van der Waals surface area contributed by atoms with E-state index in [9.17, 15) is 9.65 Å². The molecule has 0 atom stereocenters. The minimum Gasteiger partial charge on any atom is -0.207 e.